The Hall–Kier alpha value is -3.49. The maximum Gasteiger partial charge on any atom is 0.373 e. The van der Waals surface area contributed by atoms with Crippen LogP contribution in [0.3, 0.4) is 0 Å². The molecule has 0 spiro atoms. The highest BCUT2D eigenvalue weighted by Gasteiger charge is 2.22. The number of aryl methyl sites for hydroxylation is 1. The highest BCUT2D eigenvalue weighted by molar-refractivity contribution is 6.01. The Bertz CT molecular complexity index is 1050. The van der Waals surface area contributed by atoms with E-state index in [1.54, 1.807) is 30.6 Å². The predicted octanol–water partition coefficient (Wildman–Crippen LogP) is 0.634. The highest BCUT2D eigenvalue weighted by Crippen LogP contribution is 2.17. The quantitative estimate of drug-likeness (QED) is 0.540. The minimum atomic E-state index is -0.704. The van der Waals surface area contributed by atoms with Crippen molar-refractivity contribution in [2.75, 3.05) is 5.73 Å². The lowest BCUT2D eigenvalue weighted by Gasteiger charge is -2.02. The third kappa shape index (κ3) is 2.06. The van der Waals surface area contributed by atoms with Crippen LogP contribution in [-0.4, -0.2) is 35.7 Å². The summed E-state index contributed by atoms with van der Waals surface area (Å²) in [6.07, 6.45) is 3.35. The first-order valence-corrected chi connectivity index (χ1v) is 6.77. The Morgan fingerprint density at radius 1 is 1.30 bits per heavy atom. The maximum absolute atomic E-state index is 12.5. The third-order valence-corrected chi connectivity index (χ3v) is 3.32. The van der Waals surface area contributed by atoms with Crippen molar-refractivity contribution in [2.45, 2.75) is 6.92 Å². The third-order valence-electron chi connectivity index (χ3n) is 3.32. The number of carbonyl (C=O) groups is 1. The van der Waals surface area contributed by atoms with E-state index in [2.05, 4.69) is 20.4 Å². The fourth-order valence-electron chi connectivity index (χ4n) is 2.28. The number of benzene rings is 1. The molecule has 9 nitrogen and oxygen atoms in total. The fraction of sp³-hybridized carbons (Fsp3) is 0.0714. The molecule has 0 radical (unpaired) electrons. The second kappa shape index (κ2) is 4.77. The molecular weight excluding hydrogens is 298 g/mol. The molecule has 0 bridgehead atoms. The summed E-state index contributed by atoms with van der Waals surface area (Å²) in [5.74, 6) is -0.665. The van der Waals surface area contributed by atoms with Gasteiger partial charge in [-0.05, 0) is 29.8 Å². The second-order valence-electron chi connectivity index (χ2n) is 4.99. The molecule has 4 rings (SSSR count). The summed E-state index contributed by atoms with van der Waals surface area (Å²) in [5.41, 5.74) is 8.31. The molecule has 0 amide bonds. The number of nitrogens with two attached hydrogens (primary N) is 1. The van der Waals surface area contributed by atoms with Crippen LogP contribution in [0.2, 0.25) is 0 Å². The van der Waals surface area contributed by atoms with E-state index < -0.39 is 5.97 Å². The minimum absolute atomic E-state index is 0.0394. The summed E-state index contributed by atoms with van der Waals surface area (Å²) in [5, 5.41) is 11.8. The van der Waals surface area contributed by atoms with Crippen LogP contribution in [-0.2, 0) is 0 Å². The van der Waals surface area contributed by atoms with Crippen LogP contribution >= 0.6 is 0 Å². The number of nitrogens with zero attached hydrogens (tertiary/aromatic N) is 6. The molecule has 23 heavy (non-hydrogen) atoms. The van der Waals surface area contributed by atoms with Gasteiger partial charge in [-0.3, -0.25) is 0 Å². The van der Waals surface area contributed by atoms with Gasteiger partial charge in [0.15, 0.2) is 17.0 Å². The Labute approximate surface area is 129 Å². The van der Waals surface area contributed by atoms with E-state index in [-0.39, 0.29) is 11.4 Å². The second-order valence-corrected chi connectivity index (χ2v) is 4.99. The molecule has 0 aliphatic rings. The zero-order valence-corrected chi connectivity index (χ0v) is 12.0. The highest BCUT2D eigenvalue weighted by atomic mass is 16.7. The van der Waals surface area contributed by atoms with E-state index in [1.807, 2.05) is 13.0 Å². The summed E-state index contributed by atoms with van der Waals surface area (Å²) >= 11 is 0. The number of hydrogen-bond acceptors (Lipinski definition) is 7. The molecule has 2 N–H and O–H groups in total. The molecule has 3 aromatic heterocycles. The molecule has 0 aliphatic heterocycles. The van der Waals surface area contributed by atoms with E-state index in [0.29, 0.717) is 16.7 Å². The van der Waals surface area contributed by atoms with Crippen molar-refractivity contribution in [3.63, 3.8) is 0 Å². The fourth-order valence-corrected chi connectivity index (χ4v) is 2.28. The summed E-state index contributed by atoms with van der Waals surface area (Å²) in [6, 6.07) is 7.12. The van der Waals surface area contributed by atoms with Gasteiger partial charge < -0.3 is 10.6 Å². The van der Waals surface area contributed by atoms with Crippen LogP contribution in [0.5, 0.6) is 0 Å². The van der Waals surface area contributed by atoms with E-state index in [1.165, 1.54) is 4.52 Å². The van der Waals surface area contributed by atoms with Gasteiger partial charge in [0.1, 0.15) is 11.0 Å². The van der Waals surface area contributed by atoms with Crippen molar-refractivity contribution in [3.05, 3.63) is 47.8 Å². The van der Waals surface area contributed by atoms with E-state index in [9.17, 15) is 4.79 Å². The van der Waals surface area contributed by atoms with Crippen molar-refractivity contribution in [1.82, 2.24) is 29.8 Å². The predicted molar refractivity (Wildman–Crippen MR) is 80.6 cm³/mol. The number of nitrogen functional groups attached to an aromatic ring is 1. The van der Waals surface area contributed by atoms with E-state index >= 15 is 0 Å². The first kappa shape index (κ1) is 13.2. The van der Waals surface area contributed by atoms with Crippen LogP contribution in [0.4, 0.5) is 5.82 Å². The van der Waals surface area contributed by atoms with Gasteiger partial charge >= 0.3 is 5.97 Å². The molecule has 3 heterocycles. The molecule has 0 unspecified atom stereocenters. The zero-order valence-electron chi connectivity index (χ0n) is 12.0. The Morgan fingerprint density at radius 2 is 2.13 bits per heavy atom. The largest absolute Gasteiger partial charge is 0.381 e. The summed E-state index contributed by atoms with van der Waals surface area (Å²) in [7, 11) is 0. The van der Waals surface area contributed by atoms with Crippen molar-refractivity contribution in [3.8, 4) is 0 Å². The maximum atomic E-state index is 12.5. The molecule has 114 valence electrons. The van der Waals surface area contributed by atoms with Crippen molar-refractivity contribution in [1.29, 1.82) is 0 Å². The molecule has 0 fully saturated rings. The summed E-state index contributed by atoms with van der Waals surface area (Å²) in [4.78, 5) is 23.0. The molecular formula is C14H11N7O2. The Balaban J connectivity index is 1.76. The summed E-state index contributed by atoms with van der Waals surface area (Å²) < 4.78 is 1.45. The monoisotopic (exact) mass is 309 g/mol. The number of anilines is 1. The first-order valence-electron chi connectivity index (χ1n) is 6.77. The number of hydrogen-bond donors (Lipinski definition) is 1. The minimum Gasteiger partial charge on any atom is -0.381 e. The number of rotatable bonds is 2. The zero-order chi connectivity index (χ0) is 16.0. The molecule has 1 aromatic carbocycles. The molecule has 0 aliphatic carbocycles. The summed E-state index contributed by atoms with van der Waals surface area (Å²) in [6.45, 7) is 1.86. The molecule has 9 heteroatoms. The number of fused-ring (bicyclic) bond motifs is 2. The molecule has 0 atom stereocenters. The Morgan fingerprint density at radius 3 is 3.00 bits per heavy atom. The van der Waals surface area contributed by atoms with Gasteiger partial charge in [-0.2, -0.15) is 0 Å². The van der Waals surface area contributed by atoms with Crippen molar-refractivity contribution in [2.24, 2.45) is 0 Å². The van der Waals surface area contributed by atoms with Gasteiger partial charge in [-0.15, -0.1) is 10.2 Å². The van der Waals surface area contributed by atoms with Gasteiger partial charge in [0.2, 0.25) is 0 Å². The lowest BCUT2D eigenvalue weighted by atomic mass is 10.3. The molecule has 0 saturated heterocycles. The molecule has 0 saturated carbocycles. The van der Waals surface area contributed by atoms with E-state index in [4.69, 9.17) is 10.6 Å². The Kier molecular flexibility index (Phi) is 2.73. The SMILES string of the molecule is Cc1cnc2c(C(=O)On3nnc4ccccc43)c(N)nn2c1. The van der Waals surface area contributed by atoms with Crippen molar-refractivity contribution < 1.29 is 9.63 Å². The van der Waals surface area contributed by atoms with E-state index in [0.717, 1.165) is 10.4 Å². The van der Waals surface area contributed by atoms with Gasteiger partial charge in [-0.25, -0.2) is 14.3 Å². The van der Waals surface area contributed by atoms with Crippen molar-refractivity contribution >= 4 is 28.5 Å². The number of carbonyl (C=O) groups excluding carboxylic acids is 1. The molecule has 4 aromatic rings. The standard InChI is InChI=1S/C14H11N7O2/c1-8-6-16-13-11(12(15)18-20(13)7-8)14(22)23-21-10-5-3-2-4-9(10)17-19-21/h2-7H,1H3,(H2,15,18). The topological polar surface area (TPSA) is 113 Å². The smallest absolute Gasteiger partial charge is 0.373 e. The lowest BCUT2D eigenvalue weighted by Crippen LogP contribution is -2.22. The average molecular weight is 309 g/mol. The van der Waals surface area contributed by atoms with Crippen LogP contribution in [0.15, 0.2) is 36.7 Å². The normalized spacial score (nSPS) is 11.2. The van der Waals surface area contributed by atoms with Gasteiger partial charge in [0.25, 0.3) is 0 Å². The number of para-hydroxylation sites is 1. The van der Waals surface area contributed by atoms with Crippen LogP contribution in [0, 0.1) is 6.92 Å². The number of aromatic nitrogens is 6. The van der Waals surface area contributed by atoms with Crippen LogP contribution in [0.1, 0.15) is 15.9 Å². The van der Waals surface area contributed by atoms with Crippen LogP contribution < -0.4 is 10.6 Å². The first-order chi connectivity index (χ1) is 11.1. The average Bonchev–Trinajstić information content (AvgIpc) is 3.07. The lowest BCUT2D eigenvalue weighted by molar-refractivity contribution is 0.0412. The van der Waals surface area contributed by atoms with Gasteiger partial charge in [0, 0.05) is 12.4 Å². The van der Waals surface area contributed by atoms with Gasteiger partial charge in [0.05, 0.1) is 0 Å². The van der Waals surface area contributed by atoms with Gasteiger partial charge in [-0.1, -0.05) is 17.0 Å². The van der Waals surface area contributed by atoms with Crippen LogP contribution in [0.25, 0.3) is 16.7 Å².